The van der Waals surface area contributed by atoms with Crippen molar-refractivity contribution < 1.29 is 63.1 Å². The van der Waals surface area contributed by atoms with Crippen LogP contribution in [0.1, 0.15) is 155 Å². The molecule has 6 unspecified atom stereocenters. The number of esters is 2. The lowest BCUT2D eigenvalue weighted by atomic mass is 9.85. The lowest BCUT2D eigenvalue weighted by Gasteiger charge is -2.41. The van der Waals surface area contributed by atoms with Gasteiger partial charge in [0.15, 0.2) is 6.10 Å². The van der Waals surface area contributed by atoms with Crippen molar-refractivity contribution in [2.75, 3.05) is 13.2 Å². The standard InChI is InChI=1S/C51H83O13P/c1-3-5-7-9-11-13-15-17-19-21-22-24-25-27-29-31-33-35-37-39-44(52)61-41-43(42-62-65(59,60)64-51-49(57)47(55)46(54)48(56)50(51)58)63-45(53)40-38-36-34-32-30-28-26-23-20-18-16-14-12-10-8-6-4-2/h5,7,11-14,17-20,22,24,26-29,43,46-51,54-58H,3-4,6,8-10,15-16,21,23,25,30-42H2,1-2H3,(H,59,60)/b7-5+,13-11+,14-12+,19-17+,20-18+,24-22+,28-26+,29-27+/t43-,46?,47-,48?,49?,50?,51?/m0/s1. The highest BCUT2D eigenvalue weighted by molar-refractivity contribution is 7.47. The Morgan fingerprint density at radius 1 is 0.492 bits per heavy atom. The molecule has 0 bridgehead atoms. The summed E-state index contributed by atoms with van der Waals surface area (Å²) in [5.74, 6) is -1.17. The van der Waals surface area contributed by atoms with Gasteiger partial charge >= 0.3 is 19.8 Å². The highest BCUT2D eigenvalue weighted by atomic mass is 31.2. The van der Waals surface area contributed by atoms with Crippen LogP contribution in [-0.4, -0.2) is 98.3 Å². The van der Waals surface area contributed by atoms with E-state index in [1.54, 1.807) is 0 Å². The van der Waals surface area contributed by atoms with Gasteiger partial charge in [0.25, 0.3) is 0 Å². The van der Waals surface area contributed by atoms with Crippen molar-refractivity contribution in [1.29, 1.82) is 0 Å². The van der Waals surface area contributed by atoms with Crippen LogP contribution in [0.3, 0.4) is 0 Å². The molecule has 1 fully saturated rings. The summed E-state index contributed by atoms with van der Waals surface area (Å²) in [6, 6.07) is 0. The first-order chi connectivity index (χ1) is 31.4. The summed E-state index contributed by atoms with van der Waals surface area (Å²) >= 11 is 0. The van der Waals surface area contributed by atoms with Crippen LogP contribution in [0.4, 0.5) is 0 Å². The SMILES string of the molecule is CC/C=C/C/C=C/C/C=C/C/C=C/C/C=C/CCCCCC(=O)OC[C@@H](COP(=O)(O)OC1C(O)C(O)C(O)[C@H](O)C1O)OC(=O)CCCCCC/C=C/C/C=C/C/C=C/CCCCC. The van der Waals surface area contributed by atoms with E-state index in [-0.39, 0.29) is 12.8 Å². The number of carbonyl (C=O) groups excluding carboxylic acids is 2. The Kier molecular flexibility index (Phi) is 36.7. The van der Waals surface area contributed by atoms with Gasteiger partial charge < -0.3 is 39.9 Å². The topological polar surface area (TPSA) is 210 Å². The Labute approximate surface area is 390 Å². The summed E-state index contributed by atoms with van der Waals surface area (Å²) in [7, 11) is -5.14. The molecule has 0 spiro atoms. The lowest BCUT2D eigenvalue weighted by Crippen LogP contribution is -2.64. The van der Waals surface area contributed by atoms with Gasteiger partial charge in [0.05, 0.1) is 6.61 Å². The second-order valence-electron chi connectivity index (χ2n) is 16.2. The van der Waals surface area contributed by atoms with E-state index in [2.05, 4.69) is 111 Å². The average molecular weight is 935 g/mol. The number of ether oxygens (including phenoxy) is 2. The predicted molar refractivity (Wildman–Crippen MR) is 258 cm³/mol. The van der Waals surface area contributed by atoms with Crippen molar-refractivity contribution in [2.45, 2.75) is 198 Å². The molecule has 0 aliphatic heterocycles. The Balaban J connectivity index is 2.49. The van der Waals surface area contributed by atoms with E-state index in [9.17, 15) is 44.6 Å². The number of phosphoric ester groups is 1. The molecule has 14 heteroatoms. The van der Waals surface area contributed by atoms with E-state index in [1.165, 1.54) is 19.3 Å². The molecule has 1 aliphatic rings. The minimum Gasteiger partial charge on any atom is -0.462 e. The van der Waals surface area contributed by atoms with E-state index in [1.807, 2.05) is 0 Å². The number of unbranched alkanes of at least 4 members (excludes halogenated alkanes) is 10. The first kappa shape index (κ1) is 59.8. The van der Waals surface area contributed by atoms with E-state index < -0.39 is 75.7 Å². The molecular formula is C51H83O13P. The van der Waals surface area contributed by atoms with E-state index in [4.69, 9.17) is 18.5 Å². The fourth-order valence-electron chi connectivity index (χ4n) is 6.55. The monoisotopic (exact) mass is 935 g/mol. The number of hydrogen-bond acceptors (Lipinski definition) is 12. The number of rotatable bonds is 38. The summed E-state index contributed by atoms with van der Waals surface area (Å²) in [6.45, 7) is 3.10. The molecule has 1 rings (SSSR count). The van der Waals surface area contributed by atoms with Gasteiger partial charge in [0, 0.05) is 12.8 Å². The second kappa shape index (κ2) is 39.9. The Morgan fingerprint density at radius 3 is 1.34 bits per heavy atom. The van der Waals surface area contributed by atoms with Crippen LogP contribution in [0.2, 0.25) is 0 Å². The van der Waals surface area contributed by atoms with Crippen molar-refractivity contribution in [3.63, 3.8) is 0 Å². The second-order valence-corrected chi connectivity index (χ2v) is 17.6. The number of phosphoric acid groups is 1. The van der Waals surface area contributed by atoms with Crippen molar-refractivity contribution in [1.82, 2.24) is 0 Å². The molecule has 0 heterocycles. The average Bonchev–Trinajstić information content (AvgIpc) is 3.29. The van der Waals surface area contributed by atoms with Gasteiger partial charge in [-0.15, -0.1) is 0 Å². The van der Waals surface area contributed by atoms with Crippen LogP contribution in [0.25, 0.3) is 0 Å². The summed E-state index contributed by atoms with van der Waals surface area (Å²) < 4.78 is 33.5. The maximum absolute atomic E-state index is 12.8. The molecule has 0 aromatic rings. The Bertz CT molecular complexity index is 1500. The largest absolute Gasteiger partial charge is 0.472 e. The van der Waals surface area contributed by atoms with Crippen molar-refractivity contribution >= 4 is 19.8 Å². The van der Waals surface area contributed by atoms with E-state index >= 15 is 0 Å². The molecule has 13 nitrogen and oxygen atoms in total. The molecular weight excluding hydrogens is 852 g/mol. The Hall–Kier alpha value is -3.23. The molecule has 370 valence electrons. The zero-order chi connectivity index (χ0) is 47.8. The maximum atomic E-state index is 12.8. The van der Waals surface area contributed by atoms with Crippen LogP contribution in [0, 0.1) is 0 Å². The number of aliphatic hydroxyl groups is 5. The minimum absolute atomic E-state index is 0.0574. The molecule has 1 saturated carbocycles. The number of allylic oxidation sites excluding steroid dienone is 16. The van der Waals surface area contributed by atoms with E-state index in [0.717, 1.165) is 96.3 Å². The van der Waals surface area contributed by atoms with Crippen LogP contribution in [0.15, 0.2) is 97.2 Å². The van der Waals surface area contributed by atoms with Crippen LogP contribution >= 0.6 is 7.82 Å². The normalized spacial score (nSPS) is 22.3. The molecule has 1 aliphatic carbocycles. The van der Waals surface area contributed by atoms with Gasteiger partial charge in [-0.3, -0.25) is 18.6 Å². The zero-order valence-electron chi connectivity index (χ0n) is 39.2. The van der Waals surface area contributed by atoms with Crippen LogP contribution in [0.5, 0.6) is 0 Å². The maximum Gasteiger partial charge on any atom is 0.472 e. The quantitative estimate of drug-likeness (QED) is 0.0148. The molecule has 8 atom stereocenters. The molecule has 0 radical (unpaired) electrons. The molecule has 6 N–H and O–H groups in total. The van der Waals surface area contributed by atoms with Crippen molar-refractivity contribution in [2.24, 2.45) is 0 Å². The zero-order valence-corrected chi connectivity index (χ0v) is 40.1. The third-order valence-electron chi connectivity index (χ3n) is 10.4. The van der Waals surface area contributed by atoms with Gasteiger partial charge in [0.2, 0.25) is 0 Å². The molecule has 65 heavy (non-hydrogen) atoms. The van der Waals surface area contributed by atoms with Gasteiger partial charge in [-0.25, -0.2) is 4.57 Å². The molecule has 0 amide bonds. The fourth-order valence-corrected chi connectivity index (χ4v) is 7.53. The lowest BCUT2D eigenvalue weighted by molar-refractivity contribution is -0.220. The van der Waals surface area contributed by atoms with Gasteiger partial charge in [-0.05, 0) is 96.3 Å². The third kappa shape index (κ3) is 32.2. The molecule has 0 saturated heterocycles. The first-order valence-corrected chi connectivity index (χ1v) is 25.5. The van der Waals surface area contributed by atoms with Crippen molar-refractivity contribution in [3.8, 4) is 0 Å². The smallest absolute Gasteiger partial charge is 0.462 e. The number of carbonyl (C=O) groups is 2. The van der Waals surface area contributed by atoms with Gasteiger partial charge in [-0.1, -0.05) is 143 Å². The summed E-state index contributed by atoms with van der Waals surface area (Å²) in [5.41, 5.74) is 0. The molecule has 0 aromatic heterocycles. The van der Waals surface area contributed by atoms with Crippen LogP contribution < -0.4 is 0 Å². The minimum atomic E-state index is -5.14. The highest BCUT2D eigenvalue weighted by Crippen LogP contribution is 2.47. The van der Waals surface area contributed by atoms with Gasteiger partial charge in [-0.2, -0.15) is 0 Å². The summed E-state index contributed by atoms with van der Waals surface area (Å²) in [4.78, 5) is 35.8. The fraction of sp³-hybridized carbons (Fsp3) is 0.647. The van der Waals surface area contributed by atoms with Crippen molar-refractivity contribution in [3.05, 3.63) is 97.2 Å². The van der Waals surface area contributed by atoms with Crippen LogP contribution in [-0.2, 0) is 32.7 Å². The predicted octanol–water partition coefficient (Wildman–Crippen LogP) is 9.83. The summed E-state index contributed by atoms with van der Waals surface area (Å²) in [5, 5.41) is 50.2. The number of hydrogen-bond donors (Lipinski definition) is 6. The first-order valence-electron chi connectivity index (χ1n) is 24.0. The summed E-state index contributed by atoms with van der Waals surface area (Å²) in [6.07, 6.45) is 40.2. The Morgan fingerprint density at radius 2 is 0.877 bits per heavy atom. The van der Waals surface area contributed by atoms with E-state index in [0.29, 0.717) is 12.8 Å². The number of aliphatic hydroxyl groups excluding tert-OH is 5. The highest BCUT2D eigenvalue weighted by Gasteiger charge is 2.51. The molecule has 0 aromatic carbocycles. The third-order valence-corrected chi connectivity index (χ3v) is 11.4. The van der Waals surface area contributed by atoms with Gasteiger partial charge in [0.1, 0.15) is 43.2 Å².